The van der Waals surface area contributed by atoms with Gasteiger partial charge in [-0.05, 0) is 48.6 Å². The van der Waals surface area contributed by atoms with Crippen LogP contribution in [0, 0.1) is 0 Å². The smallest absolute Gasteiger partial charge is 0.289 e. The zero-order valence-corrected chi connectivity index (χ0v) is 18.4. The molecule has 7 heteroatoms. The number of rotatable bonds is 6. The van der Waals surface area contributed by atoms with Crippen LogP contribution >= 0.6 is 0 Å². The average Bonchev–Trinajstić information content (AvgIpc) is 3.55. The van der Waals surface area contributed by atoms with Crippen LogP contribution in [0.1, 0.15) is 20.7 Å². The van der Waals surface area contributed by atoms with Gasteiger partial charge in [-0.25, -0.2) is 0 Å². The monoisotopic (exact) mass is 484 g/mol. The van der Waals surface area contributed by atoms with E-state index in [1.165, 1.54) is 0 Å². The van der Waals surface area contributed by atoms with E-state index in [1.807, 2.05) is 0 Å². The Kier molecular flexibility index (Phi) is 9.71. The van der Waals surface area contributed by atoms with Crippen molar-refractivity contribution in [1.82, 2.24) is 0 Å². The summed E-state index contributed by atoms with van der Waals surface area (Å²) in [5.41, 5.74) is 1.97. The predicted molar refractivity (Wildman–Crippen MR) is 121 cm³/mol. The number of benzene rings is 2. The van der Waals surface area contributed by atoms with Crippen LogP contribution in [0.5, 0.6) is 11.5 Å². The summed E-state index contributed by atoms with van der Waals surface area (Å²) in [6.07, 6.45) is 15.4. The molecule has 4 rings (SSSR count). The summed E-state index contributed by atoms with van der Waals surface area (Å²) in [7, 11) is 0. The Morgan fingerprint density at radius 2 is 0.939 bits per heavy atom. The molecule has 2 aliphatic carbocycles. The fraction of sp³-hybridized carbons (Fsp3) is 0. The standard InChI is InChI=1S/2C13H10O3.Fe/c2*14-9-11-7-3-4-8-12(11)16-13(15)10-5-1-2-6-10;/h2*1-9,15H;. The van der Waals surface area contributed by atoms with E-state index in [2.05, 4.69) is 0 Å². The SMILES string of the molecule is O=Cc1ccccc1OC(O)=C1C=CC=C1.O=Cc1ccccc1OC(O)=C1C=CC=C1.[Fe]. The van der Waals surface area contributed by atoms with Crippen molar-refractivity contribution in [2.75, 3.05) is 0 Å². The van der Waals surface area contributed by atoms with Crippen LogP contribution in [0.3, 0.4) is 0 Å². The van der Waals surface area contributed by atoms with Crippen LogP contribution < -0.4 is 9.47 Å². The molecule has 0 bridgehead atoms. The van der Waals surface area contributed by atoms with Crippen LogP contribution in [-0.2, 0) is 17.1 Å². The number of ether oxygens (including phenoxy) is 2. The minimum atomic E-state index is -0.209. The van der Waals surface area contributed by atoms with Crippen molar-refractivity contribution in [1.29, 1.82) is 0 Å². The van der Waals surface area contributed by atoms with E-state index in [4.69, 9.17) is 9.47 Å². The second-order valence-corrected chi connectivity index (χ2v) is 6.47. The second-order valence-electron chi connectivity index (χ2n) is 6.47. The quantitative estimate of drug-likeness (QED) is 0.318. The topological polar surface area (TPSA) is 93.1 Å². The third kappa shape index (κ3) is 6.97. The number of aliphatic hydroxyl groups excluding tert-OH is 2. The number of hydrogen-bond acceptors (Lipinski definition) is 6. The summed E-state index contributed by atoms with van der Waals surface area (Å²) in [6.45, 7) is 0. The molecule has 2 aliphatic rings. The van der Waals surface area contributed by atoms with Gasteiger partial charge in [0.2, 0.25) is 0 Å². The van der Waals surface area contributed by atoms with E-state index < -0.39 is 0 Å². The maximum absolute atomic E-state index is 10.7. The van der Waals surface area contributed by atoms with E-state index in [-0.39, 0.29) is 29.0 Å². The first kappa shape index (κ1) is 25.2. The van der Waals surface area contributed by atoms with E-state index in [0.717, 1.165) is 0 Å². The number of aliphatic hydroxyl groups is 2. The van der Waals surface area contributed by atoms with Gasteiger partial charge in [-0.3, -0.25) is 9.59 Å². The molecular formula is C26H20FeO6. The molecule has 2 N–H and O–H groups in total. The molecule has 0 fully saturated rings. The van der Waals surface area contributed by atoms with Gasteiger partial charge in [-0.2, -0.15) is 0 Å². The molecule has 2 aromatic carbocycles. The second kappa shape index (κ2) is 12.7. The summed E-state index contributed by atoms with van der Waals surface area (Å²) >= 11 is 0. The van der Waals surface area contributed by atoms with Crippen molar-refractivity contribution in [3.05, 3.63) is 131 Å². The number of para-hydroxylation sites is 2. The third-order valence-corrected chi connectivity index (χ3v) is 4.32. The van der Waals surface area contributed by atoms with Gasteiger partial charge in [0.15, 0.2) is 12.6 Å². The zero-order valence-electron chi connectivity index (χ0n) is 17.3. The van der Waals surface area contributed by atoms with Crippen LogP contribution in [0.25, 0.3) is 0 Å². The molecule has 2 aromatic rings. The molecule has 0 atom stereocenters. The summed E-state index contributed by atoms with van der Waals surface area (Å²) in [4.78, 5) is 21.4. The Balaban J connectivity index is 0.000000227. The van der Waals surface area contributed by atoms with Crippen molar-refractivity contribution in [2.45, 2.75) is 0 Å². The third-order valence-electron chi connectivity index (χ3n) is 4.32. The van der Waals surface area contributed by atoms with E-state index in [0.29, 0.717) is 46.3 Å². The molecule has 6 nitrogen and oxygen atoms in total. The molecule has 33 heavy (non-hydrogen) atoms. The van der Waals surface area contributed by atoms with E-state index in [1.54, 1.807) is 97.1 Å². The molecule has 0 saturated carbocycles. The molecule has 0 aliphatic heterocycles. The molecule has 0 aromatic heterocycles. The first-order valence-corrected chi connectivity index (χ1v) is 9.62. The van der Waals surface area contributed by atoms with Crippen molar-refractivity contribution >= 4 is 12.6 Å². The van der Waals surface area contributed by atoms with Crippen LogP contribution in [0.4, 0.5) is 0 Å². The first-order valence-electron chi connectivity index (χ1n) is 9.62. The number of carbonyl (C=O) groups excluding carboxylic acids is 2. The molecule has 168 valence electrons. The summed E-state index contributed by atoms with van der Waals surface area (Å²) < 4.78 is 10.4. The average molecular weight is 484 g/mol. The Morgan fingerprint density at radius 3 is 1.27 bits per heavy atom. The summed E-state index contributed by atoms with van der Waals surface area (Å²) in [5, 5.41) is 19.3. The van der Waals surface area contributed by atoms with E-state index >= 15 is 0 Å². The van der Waals surface area contributed by atoms with Gasteiger partial charge in [-0.1, -0.05) is 48.6 Å². The zero-order chi connectivity index (χ0) is 22.8. The van der Waals surface area contributed by atoms with Gasteiger partial charge in [0.1, 0.15) is 11.5 Å². The van der Waals surface area contributed by atoms with Crippen molar-refractivity contribution in [2.24, 2.45) is 0 Å². The van der Waals surface area contributed by atoms with Crippen LogP contribution in [0.15, 0.2) is 120 Å². The number of carbonyl (C=O) groups is 2. The molecule has 0 amide bonds. The first-order chi connectivity index (χ1) is 15.6. The largest absolute Gasteiger partial charge is 0.480 e. The summed E-state index contributed by atoms with van der Waals surface area (Å²) in [6, 6.07) is 13.4. The normalized spacial score (nSPS) is 12.5. The fourth-order valence-corrected chi connectivity index (χ4v) is 2.70. The van der Waals surface area contributed by atoms with E-state index in [9.17, 15) is 19.8 Å². The van der Waals surface area contributed by atoms with Gasteiger partial charge < -0.3 is 19.7 Å². The maximum atomic E-state index is 10.7. The molecular weight excluding hydrogens is 464 g/mol. The molecule has 0 spiro atoms. The van der Waals surface area contributed by atoms with Gasteiger partial charge in [0, 0.05) is 17.1 Å². The van der Waals surface area contributed by atoms with Crippen LogP contribution in [-0.4, -0.2) is 22.8 Å². The van der Waals surface area contributed by atoms with Crippen molar-refractivity contribution in [3.8, 4) is 11.5 Å². The fourth-order valence-electron chi connectivity index (χ4n) is 2.70. The molecule has 0 saturated heterocycles. The minimum Gasteiger partial charge on any atom is -0.480 e. The molecule has 0 radical (unpaired) electrons. The summed E-state index contributed by atoms with van der Waals surface area (Å²) in [5.74, 6) is 0.269. The Morgan fingerprint density at radius 1 is 0.606 bits per heavy atom. The number of allylic oxidation sites excluding steroid dienone is 10. The Hall–Kier alpha value is -4.06. The number of aldehydes is 2. The number of hydrogen-bond donors (Lipinski definition) is 2. The van der Waals surface area contributed by atoms with Crippen molar-refractivity contribution < 1.29 is 46.3 Å². The molecule has 0 heterocycles. The Bertz CT molecular complexity index is 1060. The van der Waals surface area contributed by atoms with Gasteiger partial charge in [-0.15, -0.1) is 0 Å². The van der Waals surface area contributed by atoms with Crippen molar-refractivity contribution in [3.63, 3.8) is 0 Å². The van der Waals surface area contributed by atoms with Gasteiger partial charge in [0.25, 0.3) is 11.9 Å². The molecule has 0 unspecified atom stereocenters. The predicted octanol–water partition coefficient (Wildman–Crippen LogP) is 5.54. The maximum Gasteiger partial charge on any atom is 0.289 e. The van der Waals surface area contributed by atoms with Gasteiger partial charge >= 0.3 is 0 Å². The van der Waals surface area contributed by atoms with Crippen LogP contribution in [0.2, 0.25) is 0 Å². The Labute approximate surface area is 201 Å². The minimum absolute atomic E-state index is 0. The van der Waals surface area contributed by atoms with Gasteiger partial charge in [0.05, 0.1) is 22.3 Å².